The number of benzene rings is 1. The first kappa shape index (κ1) is 13.9. The molecule has 1 fully saturated rings. The number of carbonyl (C=O) groups excluding carboxylic acids is 1. The van der Waals surface area contributed by atoms with E-state index in [4.69, 9.17) is 0 Å². The van der Waals surface area contributed by atoms with Crippen LogP contribution in [0.1, 0.15) is 36.0 Å². The molecule has 0 radical (unpaired) electrons. The minimum absolute atomic E-state index is 0.0117. The van der Waals surface area contributed by atoms with Crippen molar-refractivity contribution in [3.63, 3.8) is 0 Å². The molecule has 18 heavy (non-hydrogen) atoms. The van der Waals surface area contributed by atoms with Gasteiger partial charge in [0, 0.05) is 15.3 Å². The van der Waals surface area contributed by atoms with E-state index in [1.807, 2.05) is 0 Å². The zero-order chi connectivity index (χ0) is 13.1. The van der Waals surface area contributed by atoms with E-state index in [-0.39, 0.29) is 17.7 Å². The predicted octanol–water partition coefficient (Wildman–Crippen LogP) is 3.59. The van der Waals surface area contributed by atoms with Crippen LogP contribution in [-0.2, 0) is 0 Å². The van der Waals surface area contributed by atoms with Crippen LogP contribution in [0.5, 0.6) is 5.75 Å². The summed E-state index contributed by atoms with van der Waals surface area (Å²) < 4.78 is 0.782. The topological polar surface area (TPSA) is 49.3 Å². The van der Waals surface area contributed by atoms with Gasteiger partial charge in [-0.25, -0.2) is 0 Å². The normalized spacial score (nSPS) is 23.7. The third kappa shape index (κ3) is 3.26. The van der Waals surface area contributed by atoms with E-state index in [0.717, 1.165) is 23.7 Å². The van der Waals surface area contributed by atoms with Crippen molar-refractivity contribution in [3.05, 3.63) is 28.2 Å². The van der Waals surface area contributed by atoms with Crippen molar-refractivity contribution < 1.29 is 9.90 Å². The molecule has 1 aromatic carbocycles. The molecule has 0 saturated heterocycles. The number of phenols is 1. The first-order valence-electron chi connectivity index (χ1n) is 6.01. The molecule has 2 unspecified atom stereocenters. The Bertz CT molecular complexity index is 451. The van der Waals surface area contributed by atoms with Gasteiger partial charge >= 0.3 is 0 Å². The zero-order valence-electron chi connectivity index (χ0n) is 9.83. The number of hydrogen-bond donors (Lipinski definition) is 2. The van der Waals surface area contributed by atoms with Gasteiger partial charge in [0.05, 0.1) is 5.56 Å². The lowest BCUT2D eigenvalue weighted by Crippen LogP contribution is -2.42. The maximum Gasteiger partial charge on any atom is 0.255 e. The number of carbonyl (C=O) groups is 1. The fourth-order valence-electron chi connectivity index (χ4n) is 2.18. The highest BCUT2D eigenvalue weighted by atomic mass is 79.9. The maximum absolute atomic E-state index is 12.1. The Kier molecular flexibility index (Phi) is 4.67. The molecule has 0 aliphatic heterocycles. The van der Waals surface area contributed by atoms with Gasteiger partial charge in [0.2, 0.25) is 0 Å². The number of hydrogen-bond acceptors (Lipinski definition) is 2. The molecule has 2 atom stereocenters. The fourth-order valence-corrected chi connectivity index (χ4v) is 3.27. The second-order valence-corrected chi connectivity index (χ2v) is 6.63. The molecule has 3 nitrogen and oxygen atoms in total. The van der Waals surface area contributed by atoms with Crippen molar-refractivity contribution >= 4 is 37.8 Å². The van der Waals surface area contributed by atoms with E-state index in [1.165, 1.54) is 12.5 Å². The van der Waals surface area contributed by atoms with Crippen LogP contribution in [0.4, 0.5) is 0 Å². The van der Waals surface area contributed by atoms with Crippen molar-refractivity contribution in [3.8, 4) is 5.75 Å². The summed E-state index contributed by atoms with van der Waals surface area (Å²) in [6.07, 6.45) is 4.40. The smallest absolute Gasteiger partial charge is 0.255 e. The van der Waals surface area contributed by atoms with E-state index < -0.39 is 0 Å². The van der Waals surface area contributed by atoms with Gasteiger partial charge in [0.25, 0.3) is 5.91 Å². The van der Waals surface area contributed by atoms with Crippen LogP contribution in [0.2, 0.25) is 0 Å². The molecule has 0 bridgehead atoms. The van der Waals surface area contributed by atoms with Gasteiger partial charge < -0.3 is 10.4 Å². The van der Waals surface area contributed by atoms with E-state index in [0.29, 0.717) is 10.4 Å². The van der Waals surface area contributed by atoms with E-state index in [1.54, 1.807) is 12.1 Å². The summed E-state index contributed by atoms with van der Waals surface area (Å²) in [6, 6.07) is 5.01. The largest absolute Gasteiger partial charge is 0.507 e. The number of amides is 1. The molecule has 0 aromatic heterocycles. The van der Waals surface area contributed by atoms with E-state index in [9.17, 15) is 9.90 Å². The summed E-state index contributed by atoms with van der Waals surface area (Å²) in [6.45, 7) is 0. The number of nitrogens with one attached hydrogen (secondary N) is 1. The molecule has 98 valence electrons. The van der Waals surface area contributed by atoms with Crippen molar-refractivity contribution in [2.24, 2.45) is 0 Å². The lowest BCUT2D eigenvalue weighted by atomic mass is 9.95. The number of halogens is 2. The molecule has 1 saturated carbocycles. The quantitative estimate of drug-likeness (QED) is 0.775. The average Bonchev–Trinajstić information content (AvgIpc) is 2.35. The molecular formula is C13H15Br2NO2. The van der Waals surface area contributed by atoms with Crippen molar-refractivity contribution in [1.82, 2.24) is 5.32 Å². The van der Waals surface area contributed by atoms with Crippen LogP contribution in [0.3, 0.4) is 0 Å². The van der Waals surface area contributed by atoms with Gasteiger partial charge in [-0.05, 0) is 31.0 Å². The van der Waals surface area contributed by atoms with E-state index in [2.05, 4.69) is 37.2 Å². The lowest BCUT2D eigenvalue weighted by Gasteiger charge is -2.28. The maximum atomic E-state index is 12.1. The fraction of sp³-hybridized carbons (Fsp3) is 0.462. The van der Waals surface area contributed by atoms with Crippen LogP contribution in [0.25, 0.3) is 0 Å². The predicted molar refractivity (Wildman–Crippen MR) is 78.2 cm³/mol. The third-order valence-corrected chi connectivity index (χ3v) is 4.79. The van der Waals surface area contributed by atoms with Crippen LogP contribution in [0, 0.1) is 0 Å². The summed E-state index contributed by atoms with van der Waals surface area (Å²) in [5.74, 6) is -0.206. The summed E-state index contributed by atoms with van der Waals surface area (Å²) in [5, 5.41) is 12.7. The number of aromatic hydroxyl groups is 1. The van der Waals surface area contributed by atoms with E-state index >= 15 is 0 Å². The molecule has 0 spiro atoms. The van der Waals surface area contributed by atoms with Crippen LogP contribution in [-0.4, -0.2) is 21.9 Å². The lowest BCUT2D eigenvalue weighted by molar-refractivity contribution is 0.0927. The summed E-state index contributed by atoms with van der Waals surface area (Å²) in [5.41, 5.74) is 0.314. The number of alkyl halides is 1. The minimum Gasteiger partial charge on any atom is -0.507 e. The molecule has 2 N–H and O–H groups in total. The second-order valence-electron chi connectivity index (χ2n) is 4.54. The van der Waals surface area contributed by atoms with Crippen LogP contribution < -0.4 is 5.32 Å². The first-order chi connectivity index (χ1) is 8.58. The highest BCUT2D eigenvalue weighted by Crippen LogP contribution is 2.26. The number of rotatable bonds is 2. The van der Waals surface area contributed by atoms with Crippen molar-refractivity contribution in [1.29, 1.82) is 0 Å². The van der Waals surface area contributed by atoms with Crippen LogP contribution in [0.15, 0.2) is 22.7 Å². The Morgan fingerprint density at radius 2 is 2.06 bits per heavy atom. The standard InChI is InChI=1S/C13H15Br2NO2/c14-8-5-6-12(17)9(7-8)13(18)16-11-4-2-1-3-10(11)15/h5-7,10-11,17H,1-4H2,(H,16,18). The summed E-state index contributed by atoms with van der Waals surface area (Å²) in [4.78, 5) is 12.4. The Morgan fingerprint density at radius 3 is 2.78 bits per heavy atom. The molecule has 0 heterocycles. The molecule has 1 aliphatic rings. The molecule has 1 aromatic rings. The molecule has 5 heteroatoms. The minimum atomic E-state index is -0.217. The third-order valence-electron chi connectivity index (χ3n) is 3.20. The summed E-state index contributed by atoms with van der Waals surface area (Å²) >= 11 is 6.90. The van der Waals surface area contributed by atoms with Gasteiger partial charge in [-0.2, -0.15) is 0 Å². The second kappa shape index (κ2) is 6.06. The molecule has 1 aliphatic carbocycles. The van der Waals surface area contributed by atoms with Gasteiger partial charge in [-0.15, -0.1) is 0 Å². The monoisotopic (exact) mass is 375 g/mol. The number of phenolic OH excluding ortho intramolecular Hbond substituents is 1. The highest BCUT2D eigenvalue weighted by molar-refractivity contribution is 9.10. The van der Waals surface area contributed by atoms with Crippen LogP contribution >= 0.6 is 31.9 Å². The van der Waals surface area contributed by atoms with Crippen molar-refractivity contribution in [2.45, 2.75) is 36.6 Å². The SMILES string of the molecule is O=C(NC1CCCCC1Br)c1cc(Br)ccc1O. The van der Waals surface area contributed by atoms with Gasteiger partial charge in [-0.3, -0.25) is 4.79 Å². The first-order valence-corrected chi connectivity index (χ1v) is 7.72. The molecule has 1 amide bonds. The van der Waals surface area contributed by atoms with Gasteiger partial charge in [0.1, 0.15) is 5.75 Å². The van der Waals surface area contributed by atoms with Gasteiger partial charge in [-0.1, -0.05) is 44.7 Å². The Morgan fingerprint density at radius 1 is 1.33 bits per heavy atom. The Balaban J connectivity index is 2.09. The Hall–Kier alpha value is -0.550. The molecular weight excluding hydrogens is 362 g/mol. The Labute approximate surface area is 123 Å². The summed E-state index contributed by atoms with van der Waals surface area (Å²) in [7, 11) is 0. The average molecular weight is 377 g/mol. The zero-order valence-corrected chi connectivity index (χ0v) is 13.0. The van der Waals surface area contributed by atoms with Crippen molar-refractivity contribution in [2.75, 3.05) is 0 Å². The van der Waals surface area contributed by atoms with Gasteiger partial charge in [0.15, 0.2) is 0 Å². The molecule has 2 rings (SSSR count). The highest BCUT2D eigenvalue weighted by Gasteiger charge is 2.25.